The van der Waals surface area contributed by atoms with E-state index in [0.717, 1.165) is 62.5 Å². The maximum atomic E-state index is 12.2. The third-order valence-corrected chi connectivity index (χ3v) is 6.10. The second-order valence-electron chi connectivity index (χ2n) is 8.37. The topological polar surface area (TPSA) is 74.6 Å². The number of nitrogens with zero attached hydrogens (tertiary/aromatic N) is 4. The molecule has 1 atom stereocenters. The van der Waals surface area contributed by atoms with Gasteiger partial charge in [0, 0.05) is 50.4 Å². The first-order valence-electron chi connectivity index (χ1n) is 11.0. The molecule has 2 heterocycles. The van der Waals surface area contributed by atoms with Crippen LogP contribution in [0.15, 0.2) is 41.7 Å². The number of guanidine groups is 1. The highest BCUT2D eigenvalue weighted by Gasteiger charge is 2.27. The minimum absolute atomic E-state index is 0.147. The van der Waals surface area contributed by atoms with Crippen molar-refractivity contribution in [1.82, 2.24) is 20.0 Å². The second kappa shape index (κ2) is 9.32. The Morgan fingerprint density at radius 3 is 2.87 bits per heavy atom. The van der Waals surface area contributed by atoms with Crippen molar-refractivity contribution >= 4 is 17.6 Å². The minimum atomic E-state index is 0.147. The fourth-order valence-corrected chi connectivity index (χ4v) is 4.13. The van der Waals surface area contributed by atoms with E-state index in [9.17, 15) is 4.79 Å². The third-order valence-electron chi connectivity index (χ3n) is 6.10. The van der Waals surface area contributed by atoms with Gasteiger partial charge in [0.1, 0.15) is 0 Å². The van der Waals surface area contributed by atoms with Crippen LogP contribution in [0, 0.1) is 5.92 Å². The molecule has 0 bridgehead atoms. The molecule has 2 N–H and O–H groups in total. The highest BCUT2D eigenvalue weighted by Crippen LogP contribution is 2.28. The quantitative estimate of drug-likeness (QED) is 0.569. The standard InChI is InChI=1S/C23H32N6O/c1-3-24-23(29-11-10-19(16-29)20-14-26-28(2)15-20)25-13-17-6-4-9-21(12-17)27-22(30)18-7-5-8-18/h4,6,9,12,14-15,18-19H,3,5,7-8,10-11,13,16H2,1-2H3,(H,24,25)(H,27,30). The normalized spacial score (nSPS) is 19.6. The van der Waals surface area contributed by atoms with Crippen molar-refractivity contribution in [1.29, 1.82) is 0 Å². The number of nitrogens with one attached hydrogen (secondary N) is 2. The highest BCUT2D eigenvalue weighted by atomic mass is 16.1. The summed E-state index contributed by atoms with van der Waals surface area (Å²) in [6, 6.07) is 8.04. The van der Waals surface area contributed by atoms with E-state index in [2.05, 4.69) is 39.8 Å². The number of hydrogen-bond donors (Lipinski definition) is 2. The molecule has 1 aliphatic carbocycles. The van der Waals surface area contributed by atoms with E-state index in [1.165, 1.54) is 5.56 Å². The molecule has 1 amide bonds. The Hall–Kier alpha value is -2.83. The van der Waals surface area contributed by atoms with Gasteiger partial charge in [0.15, 0.2) is 5.96 Å². The summed E-state index contributed by atoms with van der Waals surface area (Å²) in [5.41, 5.74) is 3.26. The number of anilines is 1. The number of likely N-dealkylation sites (tertiary alicyclic amines) is 1. The maximum Gasteiger partial charge on any atom is 0.227 e. The predicted molar refractivity (Wildman–Crippen MR) is 119 cm³/mol. The van der Waals surface area contributed by atoms with E-state index < -0.39 is 0 Å². The summed E-state index contributed by atoms with van der Waals surface area (Å²) in [7, 11) is 1.96. The van der Waals surface area contributed by atoms with Gasteiger partial charge < -0.3 is 15.5 Å². The fraction of sp³-hybridized carbons (Fsp3) is 0.522. The van der Waals surface area contributed by atoms with E-state index in [0.29, 0.717) is 12.5 Å². The molecule has 7 heteroatoms. The number of amides is 1. The molecule has 1 aromatic carbocycles. The lowest BCUT2D eigenvalue weighted by Crippen LogP contribution is -2.40. The average molecular weight is 409 g/mol. The van der Waals surface area contributed by atoms with Crippen molar-refractivity contribution in [2.75, 3.05) is 25.0 Å². The van der Waals surface area contributed by atoms with Gasteiger partial charge in [-0.25, -0.2) is 4.99 Å². The number of aryl methyl sites for hydroxylation is 1. The molecule has 7 nitrogen and oxygen atoms in total. The van der Waals surface area contributed by atoms with Gasteiger partial charge in [-0.1, -0.05) is 18.6 Å². The zero-order valence-electron chi connectivity index (χ0n) is 18.0. The number of aromatic nitrogens is 2. The van der Waals surface area contributed by atoms with Crippen LogP contribution in [-0.2, 0) is 18.4 Å². The summed E-state index contributed by atoms with van der Waals surface area (Å²) in [6.45, 7) is 5.46. The first kappa shape index (κ1) is 20.4. The number of carbonyl (C=O) groups excluding carboxylic acids is 1. The highest BCUT2D eigenvalue weighted by molar-refractivity contribution is 5.93. The Bertz CT molecular complexity index is 901. The van der Waals surface area contributed by atoms with Crippen LogP contribution in [0.3, 0.4) is 0 Å². The zero-order chi connectivity index (χ0) is 20.9. The molecule has 0 spiro atoms. The van der Waals surface area contributed by atoms with Crippen LogP contribution in [0.25, 0.3) is 0 Å². The molecule has 1 saturated heterocycles. The number of hydrogen-bond acceptors (Lipinski definition) is 3. The van der Waals surface area contributed by atoms with Crippen molar-refractivity contribution in [2.24, 2.45) is 18.0 Å². The summed E-state index contributed by atoms with van der Waals surface area (Å²) in [4.78, 5) is 19.4. The van der Waals surface area contributed by atoms with Crippen LogP contribution in [-0.4, -0.2) is 46.2 Å². The SMILES string of the molecule is CCNC(=NCc1cccc(NC(=O)C2CCC2)c1)N1CCC(c2cnn(C)c2)C1. The van der Waals surface area contributed by atoms with Gasteiger partial charge in [-0.2, -0.15) is 5.10 Å². The summed E-state index contributed by atoms with van der Waals surface area (Å²) in [5.74, 6) is 1.78. The first-order chi connectivity index (χ1) is 14.6. The van der Waals surface area contributed by atoms with Crippen molar-refractivity contribution < 1.29 is 4.79 Å². The summed E-state index contributed by atoms with van der Waals surface area (Å²) in [6.07, 6.45) is 8.38. The van der Waals surface area contributed by atoms with E-state index in [1.807, 2.05) is 36.1 Å². The van der Waals surface area contributed by atoms with Gasteiger partial charge in [-0.05, 0) is 49.4 Å². The van der Waals surface area contributed by atoms with Gasteiger partial charge >= 0.3 is 0 Å². The van der Waals surface area contributed by atoms with E-state index in [-0.39, 0.29) is 11.8 Å². The molecule has 2 fully saturated rings. The van der Waals surface area contributed by atoms with Crippen LogP contribution in [0.2, 0.25) is 0 Å². The zero-order valence-corrected chi connectivity index (χ0v) is 18.0. The summed E-state index contributed by atoms with van der Waals surface area (Å²) in [5, 5.41) is 10.8. The summed E-state index contributed by atoms with van der Waals surface area (Å²) < 4.78 is 1.87. The molecule has 2 aromatic rings. The van der Waals surface area contributed by atoms with E-state index >= 15 is 0 Å². The van der Waals surface area contributed by atoms with Crippen molar-refractivity contribution in [2.45, 2.75) is 45.1 Å². The minimum Gasteiger partial charge on any atom is -0.357 e. The number of rotatable bonds is 6. The Morgan fingerprint density at radius 2 is 2.17 bits per heavy atom. The van der Waals surface area contributed by atoms with Crippen LogP contribution in [0.5, 0.6) is 0 Å². The van der Waals surface area contributed by atoms with Crippen LogP contribution >= 0.6 is 0 Å². The van der Waals surface area contributed by atoms with Gasteiger partial charge in [0.2, 0.25) is 5.91 Å². The van der Waals surface area contributed by atoms with Crippen LogP contribution in [0.4, 0.5) is 5.69 Å². The molecular formula is C23H32N6O. The molecule has 30 heavy (non-hydrogen) atoms. The Morgan fingerprint density at radius 1 is 1.30 bits per heavy atom. The van der Waals surface area contributed by atoms with Gasteiger partial charge in [0.05, 0.1) is 12.7 Å². The molecule has 0 radical (unpaired) electrons. The molecule has 160 valence electrons. The van der Waals surface area contributed by atoms with Crippen LogP contribution in [0.1, 0.15) is 49.7 Å². The molecule has 1 aromatic heterocycles. The monoisotopic (exact) mass is 408 g/mol. The Kier molecular flexibility index (Phi) is 6.35. The Balaban J connectivity index is 1.39. The van der Waals surface area contributed by atoms with Crippen molar-refractivity contribution in [3.05, 3.63) is 47.8 Å². The molecule has 2 aliphatic rings. The van der Waals surface area contributed by atoms with Crippen LogP contribution < -0.4 is 10.6 Å². The maximum absolute atomic E-state index is 12.2. The van der Waals surface area contributed by atoms with Gasteiger partial charge in [-0.15, -0.1) is 0 Å². The second-order valence-corrected chi connectivity index (χ2v) is 8.37. The third kappa shape index (κ3) is 4.83. The lowest BCUT2D eigenvalue weighted by atomic mass is 9.85. The molecule has 1 unspecified atom stereocenters. The molecule has 1 saturated carbocycles. The Labute approximate surface area is 178 Å². The summed E-state index contributed by atoms with van der Waals surface area (Å²) >= 11 is 0. The largest absolute Gasteiger partial charge is 0.357 e. The van der Waals surface area contributed by atoms with Crippen molar-refractivity contribution in [3.8, 4) is 0 Å². The number of carbonyl (C=O) groups is 1. The first-order valence-corrected chi connectivity index (χ1v) is 11.0. The molecular weight excluding hydrogens is 376 g/mol. The van der Waals surface area contributed by atoms with E-state index in [4.69, 9.17) is 4.99 Å². The average Bonchev–Trinajstić information content (AvgIpc) is 3.33. The lowest BCUT2D eigenvalue weighted by molar-refractivity contribution is -0.122. The molecule has 4 rings (SSSR count). The molecule has 1 aliphatic heterocycles. The van der Waals surface area contributed by atoms with Gasteiger partial charge in [0.25, 0.3) is 0 Å². The smallest absolute Gasteiger partial charge is 0.227 e. The van der Waals surface area contributed by atoms with Crippen molar-refractivity contribution in [3.63, 3.8) is 0 Å². The number of benzene rings is 1. The predicted octanol–water partition coefficient (Wildman–Crippen LogP) is 3.11. The van der Waals surface area contributed by atoms with Gasteiger partial charge in [-0.3, -0.25) is 9.48 Å². The lowest BCUT2D eigenvalue weighted by Gasteiger charge is -2.24. The fourth-order valence-electron chi connectivity index (χ4n) is 4.13. The number of aliphatic imine (C=N–C) groups is 1. The van der Waals surface area contributed by atoms with E-state index in [1.54, 1.807) is 0 Å².